The fourth-order valence-electron chi connectivity index (χ4n) is 3.33. The van der Waals surface area contributed by atoms with Crippen molar-refractivity contribution in [3.8, 4) is 17.1 Å². The summed E-state index contributed by atoms with van der Waals surface area (Å²) in [5, 5.41) is 4.71. The van der Waals surface area contributed by atoms with Gasteiger partial charge in [-0.2, -0.15) is 0 Å². The quantitative estimate of drug-likeness (QED) is 0.691. The van der Waals surface area contributed by atoms with Gasteiger partial charge in [-0.3, -0.25) is 0 Å². The Morgan fingerprint density at radius 2 is 1.78 bits per heavy atom. The van der Waals surface area contributed by atoms with E-state index in [0.717, 1.165) is 29.9 Å². The summed E-state index contributed by atoms with van der Waals surface area (Å²) in [4.78, 5) is 5.07. The Bertz CT molecular complexity index is 1050. The molecule has 0 saturated carbocycles. The van der Waals surface area contributed by atoms with E-state index in [1.165, 1.54) is 6.26 Å². The molecule has 0 amide bonds. The van der Waals surface area contributed by atoms with Gasteiger partial charge in [0.2, 0.25) is 0 Å². The summed E-state index contributed by atoms with van der Waals surface area (Å²) >= 11 is 0. The summed E-state index contributed by atoms with van der Waals surface area (Å²) in [5.74, 6) is 1.35. The highest BCUT2D eigenvalue weighted by atomic mass is 32.2. The van der Waals surface area contributed by atoms with E-state index in [-0.39, 0.29) is 4.90 Å². The molecular weight excluding hydrogens is 362 g/mol. The van der Waals surface area contributed by atoms with Gasteiger partial charge in [-0.25, -0.2) is 18.1 Å². The van der Waals surface area contributed by atoms with E-state index in [9.17, 15) is 8.42 Å². The molecule has 4 rings (SSSR count). The van der Waals surface area contributed by atoms with E-state index in [2.05, 4.69) is 0 Å². The molecule has 1 fully saturated rings. The first-order chi connectivity index (χ1) is 12.9. The molecule has 0 aliphatic carbocycles. The molecule has 27 heavy (non-hydrogen) atoms. The van der Waals surface area contributed by atoms with E-state index in [1.54, 1.807) is 28.9 Å². The van der Waals surface area contributed by atoms with Crippen LogP contribution < -0.4 is 0 Å². The lowest BCUT2D eigenvalue weighted by Crippen LogP contribution is -2.25. The van der Waals surface area contributed by atoms with Gasteiger partial charge >= 0.3 is 0 Å². The number of benzene rings is 2. The standard InChI is InChI=1S/C20H21N3O3S/c1-20(13-6-14-26-20)19-21-18(15-7-4-3-5-8-15)22-23(19)16-9-11-17(12-10-16)27(2,24)25/h3-5,7-12H,6,13-14H2,1-2H3/t20-/m1/s1. The highest BCUT2D eigenvalue weighted by Gasteiger charge is 2.37. The summed E-state index contributed by atoms with van der Waals surface area (Å²) in [6.45, 7) is 2.72. The van der Waals surface area contributed by atoms with Gasteiger partial charge < -0.3 is 4.74 Å². The van der Waals surface area contributed by atoms with E-state index >= 15 is 0 Å². The maximum Gasteiger partial charge on any atom is 0.181 e. The molecule has 0 N–H and O–H groups in total. The van der Waals surface area contributed by atoms with Crippen molar-refractivity contribution in [2.45, 2.75) is 30.3 Å². The summed E-state index contributed by atoms with van der Waals surface area (Å²) in [6, 6.07) is 16.5. The third-order valence-corrected chi connectivity index (χ3v) is 5.97. The number of hydrogen-bond acceptors (Lipinski definition) is 5. The topological polar surface area (TPSA) is 74.1 Å². The zero-order chi connectivity index (χ0) is 19.1. The van der Waals surface area contributed by atoms with Crippen molar-refractivity contribution < 1.29 is 13.2 Å². The van der Waals surface area contributed by atoms with Gasteiger partial charge in [0.15, 0.2) is 21.5 Å². The normalized spacial score (nSPS) is 20.1. The Morgan fingerprint density at radius 1 is 1.07 bits per heavy atom. The zero-order valence-corrected chi connectivity index (χ0v) is 16.1. The van der Waals surface area contributed by atoms with Crippen LogP contribution in [0.25, 0.3) is 17.1 Å². The predicted molar refractivity (Wildman–Crippen MR) is 102 cm³/mol. The molecule has 1 aromatic heterocycles. The molecule has 140 valence electrons. The number of sulfone groups is 1. The van der Waals surface area contributed by atoms with Gasteiger partial charge in [-0.15, -0.1) is 5.10 Å². The Labute approximate surface area is 158 Å². The zero-order valence-electron chi connectivity index (χ0n) is 15.3. The second kappa shape index (κ2) is 6.58. The number of aromatic nitrogens is 3. The van der Waals surface area contributed by atoms with E-state index < -0.39 is 15.4 Å². The third kappa shape index (κ3) is 3.40. The molecule has 1 saturated heterocycles. The van der Waals surface area contributed by atoms with E-state index in [4.69, 9.17) is 14.8 Å². The first-order valence-electron chi connectivity index (χ1n) is 8.84. The van der Waals surface area contributed by atoms with Gasteiger partial charge in [0.05, 0.1) is 10.6 Å². The van der Waals surface area contributed by atoms with Gasteiger partial charge in [-0.05, 0) is 44.0 Å². The number of hydrogen-bond donors (Lipinski definition) is 0. The second-order valence-electron chi connectivity index (χ2n) is 6.99. The van der Waals surface area contributed by atoms with Crippen molar-refractivity contribution in [1.82, 2.24) is 14.8 Å². The molecule has 6 nitrogen and oxygen atoms in total. The number of ether oxygens (including phenoxy) is 1. The second-order valence-corrected chi connectivity index (χ2v) is 9.00. The Kier molecular flexibility index (Phi) is 4.36. The first-order valence-corrected chi connectivity index (χ1v) is 10.7. The van der Waals surface area contributed by atoms with Crippen LogP contribution in [0.2, 0.25) is 0 Å². The lowest BCUT2D eigenvalue weighted by molar-refractivity contribution is 0.00768. The summed E-state index contributed by atoms with van der Waals surface area (Å²) < 4.78 is 31.2. The Morgan fingerprint density at radius 3 is 2.37 bits per heavy atom. The molecule has 0 radical (unpaired) electrons. The van der Waals surface area contributed by atoms with Crippen LogP contribution in [0.3, 0.4) is 0 Å². The molecule has 1 aliphatic rings. The van der Waals surface area contributed by atoms with Crippen LogP contribution in [0.1, 0.15) is 25.6 Å². The highest BCUT2D eigenvalue weighted by Crippen LogP contribution is 2.36. The smallest absolute Gasteiger partial charge is 0.181 e. The SMILES string of the molecule is C[C@]1(c2nc(-c3ccccc3)nn2-c2ccc(S(C)(=O)=O)cc2)CCCO1. The van der Waals surface area contributed by atoms with E-state index in [0.29, 0.717) is 12.4 Å². The van der Waals surface area contributed by atoms with Crippen molar-refractivity contribution in [1.29, 1.82) is 0 Å². The predicted octanol–water partition coefficient (Wildman–Crippen LogP) is 3.36. The van der Waals surface area contributed by atoms with Crippen molar-refractivity contribution in [2.24, 2.45) is 0 Å². The van der Waals surface area contributed by atoms with Gasteiger partial charge in [-0.1, -0.05) is 30.3 Å². The maximum atomic E-state index is 11.7. The number of rotatable bonds is 4. The monoisotopic (exact) mass is 383 g/mol. The molecule has 1 aliphatic heterocycles. The molecule has 2 heterocycles. The minimum atomic E-state index is -3.25. The fraction of sp³-hybridized carbons (Fsp3) is 0.300. The molecule has 2 aromatic carbocycles. The van der Waals surface area contributed by atoms with Crippen LogP contribution in [0.15, 0.2) is 59.5 Å². The van der Waals surface area contributed by atoms with Crippen LogP contribution in [-0.4, -0.2) is 36.0 Å². The summed E-state index contributed by atoms with van der Waals surface area (Å²) in [6.07, 6.45) is 3.03. The van der Waals surface area contributed by atoms with Crippen LogP contribution in [0.4, 0.5) is 0 Å². The molecule has 7 heteroatoms. The van der Waals surface area contributed by atoms with Crippen LogP contribution >= 0.6 is 0 Å². The molecule has 1 atom stereocenters. The Balaban J connectivity index is 1.84. The molecule has 0 unspecified atom stereocenters. The van der Waals surface area contributed by atoms with Crippen molar-refractivity contribution in [3.63, 3.8) is 0 Å². The van der Waals surface area contributed by atoms with Crippen molar-refractivity contribution in [3.05, 3.63) is 60.4 Å². The number of nitrogens with zero attached hydrogens (tertiary/aromatic N) is 3. The minimum absolute atomic E-state index is 0.277. The lowest BCUT2D eigenvalue weighted by Gasteiger charge is -2.22. The largest absolute Gasteiger partial charge is 0.367 e. The van der Waals surface area contributed by atoms with Gasteiger partial charge in [0.25, 0.3) is 0 Å². The molecule has 0 bridgehead atoms. The van der Waals surface area contributed by atoms with Crippen LogP contribution in [0, 0.1) is 0 Å². The fourth-order valence-corrected chi connectivity index (χ4v) is 3.96. The molecule has 3 aromatic rings. The summed E-state index contributed by atoms with van der Waals surface area (Å²) in [5.41, 5.74) is 1.16. The average molecular weight is 383 g/mol. The highest BCUT2D eigenvalue weighted by molar-refractivity contribution is 7.90. The first kappa shape index (κ1) is 17.9. The summed E-state index contributed by atoms with van der Waals surface area (Å²) in [7, 11) is -3.25. The van der Waals surface area contributed by atoms with Gasteiger partial charge in [0, 0.05) is 18.4 Å². The van der Waals surface area contributed by atoms with Crippen LogP contribution in [-0.2, 0) is 20.2 Å². The molecular formula is C20H21N3O3S. The lowest BCUT2D eigenvalue weighted by atomic mass is 10.0. The van der Waals surface area contributed by atoms with E-state index in [1.807, 2.05) is 37.3 Å². The minimum Gasteiger partial charge on any atom is -0.367 e. The van der Waals surface area contributed by atoms with Crippen molar-refractivity contribution >= 4 is 9.84 Å². The third-order valence-electron chi connectivity index (χ3n) is 4.84. The maximum absolute atomic E-state index is 11.7. The van der Waals surface area contributed by atoms with Crippen molar-refractivity contribution in [2.75, 3.05) is 12.9 Å². The molecule has 0 spiro atoms. The Hall–Kier alpha value is -2.51. The average Bonchev–Trinajstić information content (AvgIpc) is 3.30. The van der Waals surface area contributed by atoms with Crippen LogP contribution in [0.5, 0.6) is 0 Å². The van der Waals surface area contributed by atoms with Gasteiger partial charge in [0.1, 0.15) is 5.60 Å².